The zero-order valence-corrected chi connectivity index (χ0v) is 12.3. The summed E-state index contributed by atoms with van der Waals surface area (Å²) >= 11 is 0. The Morgan fingerprint density at radius 1 is 1.15 bits per heavy atom. The van der Waals surface area contributed by atoms with Crippen molar-refractivity contribution in [2.24, 2.45) is 5.73 Å². The van der Waals surface area contributed by atoms with Gasteiger partial charge in [0.25, 0.3) is 0 Å². The van der Waals surface area contributed by atoms with E-state index in [0.29, 0.717) is 6.10 Å². The summed E-state index contributed by atoms with van der Waals surface area (Å²) in [6.45, 7) is 5.12. The number of hydrogen-bond donors (Lipinski definition) is 1. The van der Waals surface area contributed by atoms with Crippen LogP contribution in [0.25, 0.3) is 0 Å². The van der Waals surface area contributed by atoms with Gasteiger partial charge in [0.2, 0.25) is 0 Å². The summed E-state index contributed by atoms with van der Waals surface area (Å²) in [4.78, 5) is 5.05. The molecule has 110 valence electrons. The highest BCUT2D eigenvalue weighted by Crippen LogP contribution is 2.39. The highest BCUT2D eigenvalue weighted by molar-refractivity contribution is 5.46. The predicted octanol–water partition coefficient (Wildman–Crippen LogP) is 1.31. The number of piperazine rings is 1. The number of rotatable bonds is 4. The van der Waals surface area contributed by atoms with Gasteiger partial charge in [0.05, 0.1) is 6.10 Å². The number of ether oxygens (including phenoxy) is 1. The van der Waals surface area contributed by atoms with E-state index >= 15 is 0 Å². The van der Waals surface area contributed by atoms with Crippen LogP contribution >= 0.6 is 0 Å². The number of methoxy groups -OCH3 is 1. The number of benzene rings is 1. The first kappa shape index (κ1) is 13.9. The summed E-state index contributed by atoms with van der Waals surface area (Å²) in [6, 6.07) is 10.7. The number of para-hydroxylation sites is 1. The van der Waals surface area contributed by atoms with Crippen LogP contribution in [0.15, 0.2) is 30.3 Å². The summed E-state index contributed by atoms with van der Waals surface area (Å²) in [7, 11) is 1.80. The van der Waals surface area contributed by atoms with Crippen LogP contribution in [0.2, 0.25) is 0 Å². The fraction of sp³-hybridized carbons (Fsp3) is 0.625. The lowest BCUT2D eigenvalue weighted by molar-refractivity contribution is -0.0885. The molecule has 1 aliphatic heterocycles. The standard InChI is InChI=1S/C16H25N3O/c1-20-15-11-16(12-15,13-17)19-9-7-18(8-10-19)14-5-3-2-4-6-14/h2-6,15H,7-13,17H2,1H3. The van der Waals surface area contributed by atoms with Gasteiger partial charge in [0, 0.05) is 51.1 Å². The van der Waals surface area contributed by atoms with Gasteiger partial charge in [-0.15, -0.1) is 0 Å². The van der Waals surface area contributed by atoms with Crippen LogP contribution in [-0.2, 0) is 4.74 Å². The van der Waals surface area contributed by atoms with Crippen LogP contribution in [-0.4, -0.2) is 56.4 Å². The number of nitrogens with zero attached hydrogens (tertiary/aromatic N) is 2. The van der Waals surface area contributed by atoms with Gasteiger partial charge < -0.3 is 15.4 Å². The van der Waals surface area contributed by atoms with E-state index in [4.69, 9.17) is 10.5 Å². The van der Waals surface area contributed by atoms with Crippen molar-refractivity contribution in [1.82, 2.24) is 4.90 Å². The van der Waals surface area contributed by atoms with Crippen molar-refractivity contribution in [3.05, 3.63) is 30.3 Å². The van der Waals surface area contributed by atoms with E-state index in [-0.39, 0.29) is 5.54 Å². The molecular formula is C16H25N3O. The second kappa shape index (κ2) is 5.72. The van der Waals surface area contributed by atoms with E-state index in [0.717, 1.165) is 45.6 Å². The van der Waals surface area contributed by atoms with Gasteiger partial charge in [-0.05, 0) is 25.0 Å². The van der Waals surface area contributed by atoms with Crippen molar-refractivity contribution in [1.29, 1.82) is 0 Å². The lowest BCUT2D eigenvalue weighted by Crippen LogP contribution is -2.67. The summed E-state index contributed by atoms with van der Waals surface area (Å²) in [5.41, 5.74) is 7.58. The third-order valence-corrected chi connectivity index (χ3v) is 5.00. The predicted molar refractivity (Wildman–Crippen MR) is 82.0 cm³/mol. The zero-order valence-electron chi connectivity index (χ0n) is 12.3. The molecule has 0 spiro atoms. The van der Waals surface area contributed by atoms with E-state index in [1.165, 1.54) is 5.69 Å². The minimum absolute atomic E-state index is 0.198. The van der Waals surface area contributed by atoms with E-state index in [1.807, 2.05) is 0 Å². The average molecular weight is 275 g/mol. The van der Waals surface area contributed by atoms with E-state index in [1.54, 1.807) is 7.11 Å². The normalized spacial score (nSPS) is 31.1. The van der Waals surface area contributed by atoms with E-state index < -0.39 is 0 Å². The molecule has 1 aromatic carbocycles. The molecule has 0 atom stereocenters. The Kier molecular flexibility index (Phi) is 3.96. The Balaban J connectivity index is 1.59. The number of nitrogens with two attached hydrogens (primary N) is 1. The van der Waals surface area contributed by atoms with Crippen molar-refractivity contribution < 1.29 is 4.74 Å². The minimum atomic E-state index is 0.198. The van der Waals surface area contributed by atoms with Gasteiger partial charge in [-0.2, -0.15) is 0 Å². The van der Waals surface area contributed by atoms with Gasteiger partial charge >= 0.3 is 0 Å². The quantitative estimate of drug-likeness (QED) is 0.900. The van der Waals surface area contributed by atoms with E-state index in [2.05, 4.69) is 40.1 Å². The number of hydrogen-bond acceptors (Lipinski definition) is 4. The fourth-order valence-electron chi connectivity index (χ4n) is 3.59. The summed E-state index contributed by atoms with van der Waals surface area (Å²) < 4.78 is 5.43. The highest BCUT2D eigenvalue weighted by atomic mass is 16.5. The second-order valence-electron chi connectivity index (χ2n) is 6.00. The summed E-state index contributed by atoms with van der Waals surface area (Å²) in [5.74, 6) is 0. The van der Waals surface area contributed by atoms with Crippen molar-refractivity contribution in [2.75, 3.05) is 44.7 Å². The zero-order chi connectivity index (χ0) is 14.0. The number of anilines is 1. The molecule has 1 saturated carbocycles. The van der Waals surface area contributed by atoms with Crippen molar-refractivity contribution in [3.8, 4) is 0 Å². The summed E-state index contributed by atoms with van der Waals surface area (Å²) in [6.07, 6.45) is 2.59. The van der Waals surface area contributed by atoms with Gasteiger partial charge in [0.1, 0.15) is 0 Å². The van der Waals surface area contributed by atoms with Crippen molar-refractivity contribution in [2.45, 2.75) is 24.5 Å². The summed E-state index contributed by atoms with van der Waals surface area (Å²) in [5, 5.41) is 0. The molecule has 1 aliphatic carbocycles. The molecule has 0 aromatic heterocycles. The topological polar surface area (TPSA) is 41.7 Å². The van der Waals surface area contributed by atoms with Gasteiger partial charge in [-0.3, -0.25) is 4.90 Å². The molecule has 2 N–H and O–H groups in total. The SMILES string of the molecule is COC1CC(CN)(N2CCN(c3ccccc3)CC2)C1. The molecule has 0 amide bonds. The Morgan fingerprint density at radius 2 is 1.80 bits per heavy atom. The Labute approximate surface area is 121 Å². The Hall–Kier alpha value is -1.10. The van der Waals surface area contributed by atoms with Crippen LogP contribution in [0.1, 0.15) is 12.8 Å². The first-order chi connectivity index (χ1) is 9.77. The monoisotopic (exact) mass is 275 g/mol. The van der Waals surface area contributed by atoms with E-state index in [9.17, 15) is 0 Å². The lowest BCUT2D eigenvalue weighted by atomic mass is 9.72. The molecule has 1 heterocycles. The Bertz CT molecular complexity index is 423. The third kappa shape index (κ3) is 2.43. The Morgan fingerprint density at radius 3 is 2.35 bits per heavy atom. The van der Waals surface area contributed by atoms with Crippen LogP contribution in [0, 0.1) is 0 Å². The first-order valence-corrected chi connectivity index (χ1v) is 7.55. The van der Waals surface area contributed by atoms with Crippen LogP contribution in [0.5, 0.6) is 0 Å². The molecule has 2 aliphatic rings. The van der Waals surface area contributed by atoms with Gasteiger partial charge in [-0.25, -0.2) is 0 Å². The van der Waals surface area contributed by atoms with Crippen LogP contribution < -0.4 is 10.6 Å². The second-order valence-corrected chi connectivity index (χ2v) is 6.00. The van der Waals surface area contributed by atoms with Crippen LogP contribution in [0.4, 0.5) is 5.69 Å². The fourth-order valence-corrected chi connectivity index (χ4v) is 3.59. The smallest absolute Gasteiger partial charge is 0.0607 e. The minimum Gasteiger partial charge on any atom is -0.381 e. The molecule has 3 rings (SSSR count). The molecule has 1 aromatic rings. The van der Waals surface area contributed by atoms with Crippen molar-refractivity contribution in [3.63, 3.8) is 0 Å². The molecule has 20 heavy (non-hydrogen) atoms. The molecule has 0 bridgehead atoms. The maximum Gasteiger partial charge on any atom is 0.0607 e. The molecular weight excluding hydrogens is 250 g/mol. The van der Waals surface area contributed by atoms with Crippen molar-refractivity contribution >= 4 is 5.69 Å². The molecule has 1 saturated heterocycles. The average Bonchev–Trinajstić information content (AvgIpc) is 2.49. The van der Waals surface area contributed by atoms with Crippen LogP contribution in [0.3, 0.4) is 0 Å². The largest absolute Gasteiger partial charge is 0.381 e. The maximum atomic E-state index is 6.05. The van der Waals surface area contributed by atoms with Gasteiger partial charge in [-0.1, -0.05) is 18.2 Å². The molecule has 0 radical (unpaired) electrons. The molecule has 4 heteroatoms. The first-order valence-electron chi connectivity index (χ1n) is 7.55. The lowest BCUT2D eigenvalue weighted by Gasteiger charge is -2.55. The molecule has 0 unspecified atom stereocenters. The maximum absolute atomic E-state index is 6.05. The van der Waals surface area contributed by atoms with Gasteiger partial charge in [0.15, 0.2) is 0 Å². The third-order valence-electron chi connectivity index (χ3n) is 5.00. The molecule has 4 nitrogen and oxygen atoms in total. The highest BCUT2D eigenvalue weighted by Gasteiger charge is 2.48. The molecule has 2 fully saturated rings.